The molecular formula is C25H20ClN5O2. The molecule has 2 N–H and O–H groups in total. The summed E-state index contributed by atoms with van der Waals surface area (Å²) in [6.45, 7) is 2.01. The van der Waals surface area contributed by atoms with Gasteiger partial charge in [0.1, 0.15) is 5.69 Å². The summed E-state index contributed by atoms with van der Waals surface area (Å²) in [4.78, 5) is 24.2. The molecule has 2 amide bonds. The van der Waals surface area contributed by atoms with Crippen LogP contribution in [-0.4, -0.2) is 27.8 Å². The summed E-state index contributed by atoms with van der Waals surface area (Å²) in [5.74, 6) is -1.73. The first-order valence-corrected chi connectivity index (χ1v) is 10.5. The molecule has 0 bridgehead atoms. The van der Waals surface area contributed by atoms with Crippen molar-refractivity contribution in [2.24, 2.45) is 5.10 Å². The van der Waals surface area contributed by atoms with Crippen LogP contribution in [0.5, 0.6) is 0 Å². The Balaban J connectivity index is 1.52. The highest BCUT2D eigenvalue weighted by Crippen LogP contribution is 2.23. The van der Waals surface area contributed by atoms with Crippen LogP contribution in [0.1, 0.15) is 11.1 Å². The Kier molecular flexibility index (Phi) is 6.61. The second-order valence-corrected chi connectivity index (χ2v) is 7.68. The molecule has 4 aromatic rings. The summed E-state index contributed by atoms with van der Waals surface area (Å²) in [5, 5.41) is 11.7. The van der Waals surface area contributed by atoms with Crippen molar-refractivity contribution in [3.63, 3.8) is 0 Å². The van der Waals surface area contributed by atoms with Crippen LogP contribution in [-0.2, 0) is 9.59 Å². The maximum absolute atomic E-state index is 12.1. The monoisotopic (exact) mass is 457 g/mol. The first-order valence-electron chi connectivity index (χ1n) is 10.1. The van der Waals surface area contributed by atoms with E-state index in [-0.39, 0.29) is 0 Å². The Bertz CT molecular complexity index is 1300. The predicted molar refractivity (Wildman–Crippen MR) is 130 cm³/mol. The zero-order valence-corrected chi connectivity index (χ0v) is 18.5. The van der Waals surface area contributed by atoms with Crippen LogP contribution in [0.15, 0.2) is 90.2 Å². The molecular weight excluding hydrogens is 438 g/mol. The van der Waals surface area contributed by atoms with E-state index in [1.807, 2.05) is 67.7 Å². The SMILES string of the molecule is Cc1ccc(-c2nn(-c3ccccc3)cc2C=NNC(=O)C(=O)Nc2ccc(Cl)cc2)cc1. The van der Waals surface area contributed by atoms with Gasteiger partial charge in [-0.2, -0.15) is 10.2 Å². The Morgan fingerprint density at radius 3 is 2.33 bits per heavy atom. The van der Waals surface area contributed by atoms with Gasteiger partial charge in [0.05, 0.1) is 11.9 Å². The topological polar surface area (TPSA) is 88.4 Å². The number of hydrogen-bond acceptors (Lipinski definition) is 4. The molecule has 0 saturated carbocycles. The van der Waals surface area contributed by atoms with Crippen LogP contribution in [0.25, 0.3) is 16.9 Å². The summed E-state index contributed by atoms with van der Waals surface area (Å²) < 4.78 is 1.74. The van der Waals surface area contributed by atoms with Crippen LogP contribution in [0, 0.1) is 6.92 Å². The molecule has 164 valence electrons. The van der Waals surface area contributed by atoms with Gasteiger partial charge in [-0.25, -0.2) is 10.1 Å². The average Bonchev–Trinajstić information content (AvgIpc) is 3.25. The van der Waals surface area contributed by atoms with Crippen molar-refractivity contribution < 1.29 is 9.59 Å². The lowest BCUT2D eigenvalue weighted by Gasteiger charge is -2.03. The number of carbonyl (C=O) groups excluding carboxylic acids is 2. The van der Waals surface area contributed by atoms with E-state index in [1.54, 1.807) is 28.9 Å². The fraction of sp³-hybridized carbons (Fsp3) is 0.0400. The van der Waals surface area contributed by atoms with Gasteiger partial charge < -0.3 is 5.32 Å². The molecule has 0 spiro atoms. The maximum Gasteiger partial charge on any atom is 0.329 e. The molecule has 0 aliphatic rings. The molecule has 0 radical (unpaired) electrons. The lowest BCUT2D eigenvalue weighted by atomic mass is 10.1. The number of anilines is 1. The van der Waals surface area contributed by atoms with E-state index >= 15 is 0 Å². The maximum atomic E-state index is 12.1. The number of aryl methyl sites for hydroxylation is 1. The number of nitrogens with one attached hydrogen (secondary N) is 2. The highest BCUT2D eigenvalue weighted by atomic mass is 35.5. The Morgan fingerprint density at radius 2 is 1.64 bits per heavy atom. The van der Waals surface area contributed by atoms with Crippen LogP contribution >= 0.6 is 11.6 Å². The summed E-state index contributed by atoms with van der Waals surface area (Å²) in [6.07, 6.45) is 3.28. The number of carbonyl (C=O) groups is 2. The fourth-order valence-corrected chi connectivity index (χ4v) is 3.19. The molecule has 0 saturated heterocycles. The third kappa shape index (κ3) is 5.53. The minimum atomic E-state index is -0.895. The van der Waals surface area contributed by atoms with E-state index in [0.29, 0.717) is 22.0 Å². The Hall–Kier alpha value is -4.23. The van der Waals surface area contributed by atoms with E-state index < -0.39 is 11.8 Å². The van der Waals surface area contributed by atoms with Crippen molar-refractivity contribution in [3.05, 3.63) is 101 Å². The normalized spacial score (nSPS) is 10.8. The zero-order valence-electron chi connectivity index (χ0n) is 17.7. The molecule has 1 heterocycles. The third-order valence-corrected chi connectivity index (χ3v) is 5.02. The molecule has 3 aromatic carbocycles. The lowest BCUT2D eigenvalue weighted by Crippen LogP contribution is -2.32. The van der Waals surface area contributed by atoms with Gasteiger partial charge in [-0.1, -0.05) is 59.6 Å². The number of rotatable bonds is 5. The minimum absolute atomic E-state index is 0.453. The highest BCUT2D eigenvalue weighted by molar-refractivity contribution is 6.39. The predicted octanol–water partition coefficient (Wildman–Crippen LogP) is 4.59. The van der Waals surface area contributed by atoms with Gasteiger partial charge in [-0.05, 0) is 43.3 Å². The molecule has 7 nitrogen and oxygen atoms in total. The number of benzene rings is 3. The standard InChI is InChI=1S/C25H20ClN5O2/c1-17-7-9-18(10-8-17)23-19(16-31(30-23)22-5-3-2-4-6-22)15-27-29-25(33)24(32)28-21-13-11-20(26)12-14-21/h2-16H,1H3,(H,28,32)(H,29,33). The minimum Gasteiger partial charge on any atom is -0.318 e. The average molecular weight is 458 g/mol. The molecule has 33 heavy (non-hydrogen) atoms. The van der Waals surface area contributed by atoms with Gasteiger partial charge in [0.15, 0.2) is 0 Å². The smallest absolute Gasteiger partial charge is 0.318 e. The quantitative estimate of drug-likeness (QED) is 0.261. The van der Waals surface area contributed by atoms with Gasteiger partial charge >= 0.3 is 11.8 Å². The first kappa shape index (κ1) is 22.0. The number of aromatic nitrogens is 2. The molecule has 0 atom stereocenters. The number of para-hydroxylation sites is 1. The summed E-state index contributed by atoms with van der Waals surface area (Å²) in [6, 6.07) is 24.0. The number of amides is 2. The van der Waals surface area contributed by atoms with Gasteiger partial charge in [0, 0.05) is 28.0 Å². The van der Waals surface area contributed by atoms with Gasteiger partial charge in [-0.15, -0.1) is 0 Å². The molecule has 0 aliphatic heterocycles. The molecule has 0 fully saturated rings. The summed E-state index contributed by atoms with van der Waals surface area (Å²) in [5.41, 5.74) is 7.01. The molecule has 4 rings (SSSR count). The fourth-order valence-electron chi connectivity index (χ4n) is 3.06. The molecule has 1 aromatic heterocycles. The Morgan fingerprint density at radius 1 is 0.939 bits per heavy atom. The number of halogens is 1. The van der Waals surface area contributed by atoms with Crippen LogP contribution in [0.2, 0.25) is 5.02 Å². The second-order valence-electron chi connectivity index (χ2n) is 7.24. The molecule has 0 unspecified atom stereocenters. The largest absolute Gasteiger partial charge is 0.329 e. The first-order chi connectivity index (χ1) is 16.0. The second kappa shape index (κ2) is 9.93. The van der Waals surface area contributed by atoms with Crippen LogP contribution < -0.4 is 10.7 Å². The highest BCUT2D eigenvalue weighted by Gasteiger charge is 2.14. The van der Waals surface area contributed by atoms with Crippen LogP contribution in [0.4, 0.5) is 5.69 Å². The van der Waals surface area contributed by atoms with E-state index in [0.717, 1.165) is 16.8 Å². The van der Waals surface area contributed by atoms with Crippen LogP contribution in [0.3, 0.4) is 0 Å². The van der Waals surface area contributed by atoms with Crippen molar-refractivity contribution in [3.8, 4) is 16.9 Å². The lowest BCUT2D eigenvalue weighted by molar-refractivity contribution is -0.136. The van der Waals surface area contributed by atoms with E-state index in [2.05, 4.69) is 15.8 Å². The molecule has 0 aliphatic carbocycles. The summed E-state index contributed by atoms with van der Waals surface area (Å²) in [7, 11) is 0. The molecule has 8 heteroatoms. The van der Waals surface area contributed by atoms with E-state index in [9.17, 15) is 9.59 Å². The van der Waals surface area contributed by atoms with Crippen molar-refractivity contribution >= 4 is 35.3 Å². The van der Waals surface area contributed by atoms with E-state index in [4.69, 9.17) is 16.7 Å². The van der Waals surface area contributed by atoms with Crippen molar-refractivity contribution in [2.75, 3.05) is 5.32 Å². The van der Waals surface area contributed by atoms with Gasteiger partial charge in [0.2, 0.25) is 0 Å². The Labute approximate surface area is 195 Å². The zero-order chi connectivity index (χ0) is 23.2. The number of hydrazone groups is 1. The van der Waals surface area contributed by atoms with Crippen molar-refractivity contribution in [1.29, 1.82) is 0 Å². The number of nitrogens with zero attached hydrogens (tertiary/aromatic N) is 3. The van der Waals surface area contributed by atoms with Gasteiger partial charge in [-0.3, -0.25) is 9.59 Å². The van der Waals surface area contributed by atoms with E-state index in [1.165, 1.54) is 6.21 Å². The van der Waals surface area contributed by atoms with Crippen molar-refractivity contribution in [1.82, 2.24) is 15.2 Å². The van der Waals surface area contributed by atoms with Gasteiger partial charge in [0.25, 0.3) is 0 Å². The number of hydrogen-bond donors (Lipinski definition) is 2. The van der Waals surface area contributed by atoms with Crippen molar-refractivity contribution in [2.45, 2.75) is 6.92 Å². The third-order valence-electron chi connectivity index (χ3n) is 4.77. The summed E-state index contributed by atoms with van der Waals surface area (Å²) >= 11 is 5.83.